The summed E-state index contributed by atoms with van der Waals surface area (Å²) < 4.78 is 27.5. The minimum atomic E-state index is -3.55. The van der Waals surface area contributed by atoms with E-state index >= 15 is 0 Å². The van der Waals surface area contributed by atoms with Gasteiger partial charge in [0.2, 0.25) is 10.0 Å². The summed E-state index contributed by atoms with van der Waals surface area (Å²) in [5, 5.41) is 2.94. The van der Waals surface area contributed by atoms with Crippen molar-refractivity contribution in [3.8, 4) is 0 Å². The highest BCUT2D eigenvalue weighted by Gasteiger charge is 2.27. The van der Waals surface area contributed by atoms with Gasteiger partial charge in [-0.15, -0.1) is 11.3 Å². The van der Waals surface area contributed by atoms with Crippen LogP contribution in [0.3, 0.4) is 0 Å². The standard InChI is InChI=1S/C20H26N4O3S2/c25-19(22-9-5-10-23(14-13-22)20-21-8-15-28-20)17-6-4-7-18(16-17)29(26,27)24-11-2-1-3-12-24/h4,6-8,15-16H,1-3,5,9-14H2. The van der Waals surface area contributed by atoms with Gasteiger partial charge in [0.1, 0.15) is 0 Å². The summed E-state index contributed by atoms with van der Waals surface area (Å²) in [6, 6.07) is 6.51. The summed E-state index contributed by atoms with van der Waals surface area (Å²) in [4.78, 5) is 21.7. The Morgan fingerprint density at radius 1 is 0.966 bits per heavy atom. The van der Waals surface area contributed by atoms with E-state index in [2.05, 4.69) is 9.88 Å². The monoisotopic (exact) mass is 434 g/mol. The van der Waals surface area contributed by atoms with Gasteiger partial charge in [-0.1, -0.05) is 12.5 Å². The van der Waals surface area contributed by atoms with E-state index in [0.29, 0.717) is 31.7 Å². The molecule has 0 unspecified atom stereocenters. The van der Waals surface area contributed by atoms with Gasteiger partial charge in [-0.2, -0.15) is 4.31 Å². The molecule has 2 aromatic rings. The fourth-order valence-corrected chi connectivity index (χ4v) is 6.17. The van der Waals surface area contributed by atoms with Crippen LogP contribution in [0.15, 0.2) is 40.7 Å². The molecule has 9 heteroatoms. The third-order valence-electron chi connectivity index (χ3n) is 5.51. The predicted octanol–water partition coefficient (Wildman–Crippen LogP) is 2.67. The van der Waals surface area contributed by atoms with Gasteiger partial charge in [0.05, 0.1) is 4.90 Å². The molecule has 0 aliphatic carbocycles. The number of aromatic nitrogens is 1. The first kappa shape index (κ1) is 20.3. The molecular weight excluding hydrogens is 408 g/mol. The molecule has 0 spiro atoms. The number of piperidine rings is 1. The normalized spacial score (nSPS) is 19.2. The van der Waals surface area contributed by atoms with Crippen molar-refractivity contribution >= 4 is 32.4 Å². The van der Waals surface area contributed by atoms with Crippen LogP contribution in [0.4, 0.5) is 5.13 Å². The number of anilines is 1. The Hall–Kier alpha value is -1.97. The zero-order valence-electron chi connectivity index (χ0n) is 16.4. The average molecular weight is 435 g/mol. The van der Waals surface area contributed by atoms with Crippen LogP contribution in [-0.2, 0) is 10.0 Å². The maximum Gasteiger partial charge on any atom is 0.253 e. The Bertz CT molecular complexity index is 940. The minimum absolute atomic E-state index is 0.110. The lowest BCUT2D eigenvalue weighted by Crippen LogP contribution is -2.36. The van der Waals surface area contributed by atoms with Crippen LogP contribution in [0, 0.1) is 0 Å². The third kappa shape index (κ3) is 4.46. The second-order valence-corrected chi connectivity index (χ2v) is 10.3. The van der Waals surface area contributed by atoms with Crippen molar-refractivity contribution in [2.75, 3.05) is 44.2 Å². The van der Waals surface area contributed by atoms with E-state index in [9.17, 15) is 13.2 Å². The molecule has 2 saturated heterocycles. The zero-order valence-corrected chi connectivity index (χ0v) is 18.0. The van der Waals surface area contributed by atoms with E-state index in [1.807, 2.05) is 10.3 Å². The summed E-state index contributed by atoms with van der Waals surface area (Å²) in [6.45, 7) is 3.95. The number of sulfonamides is 1. The van der Waals surface area contributed by atoms with Crippen LogP contribution in [0.5, 0.6) is 0 Å². The molecule has 0 bridgehead atoms. The van der Waals surface area contributed by atoms with Crippen LogP contribution >= 0.6 is 11.3 Å². The largest absolute Gasteiger partial charge is 0.346 e. The number of benzene rings is 1. The maximum absolute atomic E-state index is 13.1. The van der Waals surface area contributed by atoms with E-state index in [0.717, 1.165) is 43.9 Å². The molecule has 156 valence electrons. The molecule has 1 aromatic heterocycles. The second-order valence-electron chi connectivity index (χ2n) is 7.44. The molecule has 2 aliphatic heterocycles. The zero-order chi connectivity index (χ0) is 20.3. The van der Waals surface area contributed by atoms with E-state index in [1.54, 1.807) is 35.7 Å². The molecule has 1 amide bonds. The Labute approximate surface area is 176 Å². The first-order valence-corrected chi connectivity index (χ1v) is 12.4. The average Bonchev–Trinajstić information content (AvgIpc) is 3.19. The molecule has 0 saturated carbocycles. The van der Waals surface area contributed by atoms with Crippen LogP contribution in [0.1, 0.15) is 36.0 Å². The highest BCUT2D eigenvalue weighted by atomic mass is 32.2. The van der Waals surface area contributed by atoms with Gasteiger partial charge in [-0.25, -0.2) is 13.4 Å². The molecule has 0 radical (unpaired) electrons. The number of nitrogens with zero attached hydrogens (tertiary/aromatic N) is 4. The molecule has 29 heavy (non-hydrogen) atoms. The number of thiazole rings is 1. The van der Waals surface area contributed by atoms with Crippen molar-refractivity contribution in [3.63, 3.8) is 0 Å². The molecule has 2 aliphatic rings. The lowest BCUT2D eigenvalue weighted by molar-refractivity contribution is 0.0766. The summed E-state index contributed by atoms with van der Waals surface area (Å²) in [6.07, 6.45) is 5.50. The number of rotatable bonds is 4. The van der Waals surface area contributed by atoms with Gasteiger partial charge in [-0.3, -0.25) is 4.79 Å². The minimum Gasteiger partial charge on any atom is -0.346 e. The highest BCUT2D eigenvalue weighted by molar-refractivity contribution is 7.89. The number of carbonyl (C=O) groups excluding carboxylic acids is 1. The predicted molar refractivity (Wildman–Crippen MR) is 114 cm³/mol. The number of carbonyl (C=O) groups is 1. The van der Waals surface area contributed by atoms with E-state index in [-0.39, 0.29) is 10.8 Å². The summed E-state index contributed by atoms with van der Waals surface area (Å²) in [5.41, 5.74) is 0.436. The fourth-order valence-electron chi connectivity index (χ4n) is 3.91. The van der Waals surface area contributed by atoms with Crippen molar-refractivity contribution in [2.45, 2.75) is 30.6 Å². The van der Waals surface area contributed by atoms with Crippen molar-refractivity contribution in [1.29, 1.82) is 0 Å². The van der Waals surface area contributed by atoms with Crippen LogP contribution in [0.25, 0.3) is 0 Å². The Balaban J connectivity index is 1.48. The second kappa shape index (κ2) is 8.81. The third-order valence-corrected chi connectivity index (χ3v) is 8.23. The first-order chi connectivity index (χ1) is 14.1. The van der Waals surface area contributed by atoms with E-state index in [4.69, 9.17) is 0 Å². The van der Waals surface area contributed by atoms with Gasteiger partial charge in [-0.05, 0) is 37.5 Å². The van der Waals surface area contributed by atoms with Crippen molar-refractivity contribution in [2.24, 2.45) is 0 Å². The van der Waals surface area contributed by atoms with Gasteiger partial charge in [0, 0.05) is 56.4 Å². The fraction of sp³-hybridized carbons (Fsp3) is 0.500. The van der Waals surface area contributed by atoms with Crippen LogP contribution < -0.4 is 4.90 Å². The summed E-state index contributed by atoms with van der Waals surface area (Å²) in [5.74, 6) is -0.110. The lowest BCUT2D eigenvalue weighted by atomic mass is 10.2. The topological polar surface area (TPSA) is 73.8 Å². The molecule has 1 aromatic carbocycles. The summed E-state index contributed by atoms with van der Waals surface area (Å²) >= 11 is 1.60. The lowest BCUT2D eigenvalue weighted by Gasteiger charge is -2.26. The van der Waals surface area contributed by atoms with E-state index < -0.39 is 10.0 Å². The SMILES string of the molecule is O=C(c1cccc(S(=O)(=O)N2CCCCC2)c1)N1CCCN(c2nccs2)CC1. The number of hydrogen-bond acceptors (Lipinski definition) is 6. The van der Waals surface area contributed by atoms with Crippen LogP contribution in [0.2, 0.25) is 0 Å². The molecule has 0 atom stereocenters. The Kier molecular flexibility index (Phi) is 6.17. The maximum atomic E-state index is 13.1. The van der Waals surface area contributed by atoms with Crippen molar-refractivity contribution in [3.05, 3.63) is 41.4 Å². The first-order valence-electron chi connectivity index (χ1n) is 10.1. The van der Waals surface area contributed by atoms with E-state index in [1.165, 1.54) is 10.4 Å². The van der Waals surface area contributed by atoms with Gasteiger partial charge in [0.15, 0.2) is 5.13 Å². The van der Waals surface area contributed by atoms with Gasteiger partial charge >= 0.3 is 0 Å². The Morgan fingerprint density at radius 2 is 1.79 bits per heavy atom. The number of amides is 1. The molecular formula is C20H26N4O3S2. The highest BCUT2D eigenvalue weighted by Crippen LogP contribution is 2.23. The Morgan fingerprint density at radius 3 is 2.55 bits per heavy atom. The molecule has 4 rings (SSSR count). The molecule has 3 heterocycles. The van der Waals surface area contributed by atoms with Crippen molar-refractivity contribution < 1.29 is 13.2 Å². The molecule has 0 N–H and O–H groups in total. The molecule has 7 nitrogen and oxygen atoms in total. The number of hydrogen-bond donors (Lipinski definition) is 0. The van der Waals surface area contributed by atoms with Crippen LogP contribution in [-0.4, -0.2) is 67.8 Å². The van der Waals surface area contributed by atoms with Gasteiger partial charge in [0.25, 0.3) is 5.91 Å². The van der Waals surface area contributed by atoms with Crippen molar-refractivity contribution in [1.82, 2.24) is 14.2 Å². The molecule has 2 fully saturated rings. The summed E-state index contributed by atoms with van der Waals surface area (Å²) in [7, 11) is -3.55. The smallest absolute Gasteiger partial charge is 0.253 e. The van der Waals surface area contributed by atoms with Gasteiger partial charge < -0.3 is 9.80 Å². The quantitative estimate of drug-likeness (QED) is 0.740.